The molecule has 0 aromatic carbocycles. The van der Waals surface area contributed by atoms with Crippen molar-refractivity contribution >= 4 is 11.5 Å². The van der Waals surface area contributed by atoms with Gasteiger partial charge in [-0.05, 0) is 18.8 Å². The molecule has 1 aromatic heterocycles. The zero-order chi connectivity index (χ0) is 14.0. The van der Waals surface area contributed by atoms with Crippen molar-refractivity contribution in [1.82, 2.24) is 9.97 Å². The van der Waals surface area contributed by atoms with E-state index in [1.807, 2.05) is 13.8 Å². The zero-order valence-electron chi connectivity index (χ0n) is 11.3. The fraction of sp³-hybridized carbons (Fsp3) is 0.667. The van der Waals surface area contributed by atoms with Gasteiger partial charge in [-0.3, -0.25) is 10.1 Å². The summed E-state index contributed by atoms with van der Waals surface area (Å²) in [4.78, 5) is 19.1. The Labute approximate surface area is 111 Å². The Kier molecular flexibility index (Phi) is 3.82. The first-order valence-electron chi connectivity index (χ1n) is 6.37. The summed E-state index contributed by atoms with van der Waals surface area (Å²) < 4.78 is 5.04. The molecule has 0 atom stereocenters. The van der Waals surface area contributed by atoms with Gasteiger partial charge in [0.2, 0.25) is 5.82 Å². The fourth-order valence-corrected chi connectivity index (χ4v) is 1.76. The Morgan fingerprint density at radius 1 is 1.47 bits per heavy atom. The molecule has 0 unspecified atom stereocenters. The van der Waals surface area contributed by atoms with Crippen LogP contribution >= 0.6 is 0 Å². The Hall–Kier alpha value is -1.92. The van der Waals surface area contributed by atoms with Gasteiger partial charge in [-0.1, -0.05) is 13.8 Å². The minimum atomic E-state index is -0.497. The van der Waals surface area contributed by atoms with E-state index in [-0.39, 0.29) is 23.4 Å². The summed E-state index contributed by atoms with van der Waals surface area (Å²) in [6, 6.07) is 0.283. The lowest BCUT2D eigenvalue weighted by atomic mass is 10.1. The van der Waals surface area contributed by atoms with E-state index < -0.39 is 4.92 Å². The van der Waals surface area contributed by atoms with Crippen molar-refractivity contribution in [3.63, 3.8) is 0 Å². The van der Waals surface area contributed by atoms with Gasteiger partial charge < -0.3 is 10.1 Å². The highest BCUT2D eigenvalue weighted by Crippen LogP contribution is 2.35. The first-order valence-corrected chi connectivity index (χ1v) is 6.37. The third kappa shape index (κ3) is 3.30. The number of aromatic nitrogens is 2. The van der Waals surface area contributed by atoms with Gasteiger partial charge in [0.25, 0.3) is 5.88 Å². The van der Waals surface area contributed by atoms with Crippen LogP contribution in [0.5, 0.6) is 5.88 Å². The Morgan fingerprint density at radius 2 is 2.16 bits per heavy atom. The van der Waals surface area contributed by atoms with Crippen LogP contribution in [-0.4, -0.2) is 28.0 Å². The van der Waals surface area contributed by atoms with Gasteiger partial charge in [0.15, 0.2) is 0 Å². The van der Waals surface area contributed by atoms with Gasteiger partial charge in [-0.15, -0.1) is 0 Å². The largest absolute Gasteiger partial charge is 0.476 e. The summed E-state index contributed by atoms with van der Waals surface area (Å²) >= 11 is 0. The van der Waals surface area contributed by atoms with Crippen molar-refractivity contribution in [2.75, 3.05) is 12.4 Å². The van der Waals surface area contributed by atoms with Crippen LogP contribution < -0.4 is 10.1 Å². The average molecular weight is 266 g/mol. The minimum Gasteiger partial charge on any atom is -0.476 e. The van der Waals surface area contributed by atoms with Gasteiger partial charge in [0.1, 0.15) is 5.82 Å². The molecule has 0 amide bonds. The second-order valence-corrected chi connectivity index (χ2v) is 5.12. The van der Waals surface area contributed by atoms with Gasteiger partial charge in [-0.2, -0.15) is 4.98 Å². The summed E-state index contributed by atoms with van der Waals surface area (Å²) in [6.07, 6.45) is 2.69. The van der Waals surface area contributed by atoms with E-state index in [0.717, 1.165) is 12.8 Å². The van der Waals surface area contributed by atoms with Crippen molar-refractivity contribution in [2.24, 2.45) is 5.92 Å². The maximum Gasteiger partial charge on any atom is 0.372 e. The second kappa shape index (κ2) is 5.38. The molecule has 0 spiro atoms. The summed E-state index contributed by atoms with van der Waals surface area (Å²) in [6.45, 7) is 4.09. The summed E-state index contributed by atoms with van der Waals surface area (Å²) in [5.74, 6) is 1.24. The predicted octanol–water partition coefficient (Wildman–Crippen LogP) is 2.17. The molecule has 1 fully saturated rings. The number of rotatable bonds is 6. The predicted molar refractivity (Wildman–Crippen MR) is 70.4 cm³/mol. The zero-order valence-corrected chi connectivity index (χ0v) is 11.3. The van der Waals surface area contributed by atoms with E-state index in [2.05, 4.69) is 15.3 Å². The Bertz CT molecular complexity index is 486. The molecule has 0 aliphatic heterocycles. The van der Waals surface area contributed by atoms with Gasteiger partial charge >= 0.3 is 5.69 Å². The van der Waals surface area contributed by atoms with E-state index in [4.69, 9.17) is 4.74 Å². The van der Waals surface area contributed by atoms with Gasteiger partial charge in [-0.25, -0.2) is 4.98 Å². The van der Waals surface area contributed by atoms with Crippen LogP contribution in [0, 0.1) is 16.0 Å². The molecule has 7 nitrogen and oxygen atoms in total. The van der Waals surface area contributed by atoms with Crippen LogP contribution in [0.2, 0.25) is 0 Å². The molecule has 1 aliphatic carbocycles. The van der Waals surface area contributed by atoms with Crippen molar-refractivity contribution in [1.29, 1.82) is 0 Å². The van der Waals surface area contributed by atoms with Gasteiger partial charge in [0, 0.05) is 12.5 Å². The Morgan fingerprint density at radius 3 is 2.63 bits per heavy atom. The number of hydrogen-bond acceptors (Lipinski definition) is 6. The van der Waals surface area contributed by atoms with E-state index in [1.54, 1.807) is 0 Å². The summed E-state index contributed by atoms with van der Waals surface area (Å²) in [7, 11) is 1.38. The molecule has 104 valence electrons. The maximum atomic E-state index is 11.1. The fourth-order valence-electron chi connectivity index (χ4n) is 1.76. The molecular formula is C12H18N4O3. The van der Waals surface area contributed by atoms with E-state index >= 15 is 0 Å². The van der Waals surface area contributed by atoms with Crippen LogP contribution in [0.15, 0.2) is 0 Å². The number of nitro groups is 1. The SMILES string of the molecule is COc1nc(CC(C)C)nc(NC2CC2)c1[N+](=O)[O-]. The van der Waals surface area contributed by atoms with Crippen LogP contribution in [0.1, 0.15) is 32.5 Å². The molecule has 0 saturated heterocycles. The minimum absolute atomic E-state index is 0.0267. The highest BCUT2D eigenvalue weighted by atomic mass is 16.6. The maximum absolute atomic E-state index is 11.1. The molecule has 2 rings (SSSR count). The van der Waals surface area contributed by atoms with E-state index in [0.29, 0.717) is 18.2 Å². The van der Waals surface area contributed by atoms with Crippen LogP contribution in [0.25, 0.3) is 0 Å². The summed E-state index contributed by atoms with van der Waals surface area (Å²) in [5.41, 5.74) is -0.179. The third-order valence-electron chi connectivity index (χ3n) is 2.78. The quantitative estimate of drug-likeness (QED) is 0.626. The van der Waals surface area contributed by atoms with E-state index in [9.17, 15) is 10.1 Å². The van der Waals surface area contributed by atoms with Crippen LogP contribution in [0.4, 0.5) is 11.5 Å². The number of hydrogen-bond donors (Lipinski definition) is 1. The average Bonchev–Trinajstić information content (AvgIpc) is 3.10. The number of nitrogens with one attached hydrogen (secondary N) is 1. The molecule has 1 heterocycles. The molecule has 1 aliphatic rings. The molecule has 1 saturated carbocycles. The van der Waals surface area contributed by atoms with Crippen LogP contribution in [0.3, 0.4) is 0 Å². The lowest BCUT2D eigenvalue weighted by Gasteiger charge is -2.10. The lowest BCUT2D eigenvalue weighted by molar-refractivity contribution is -0.385. The number of anilines is 1. The highest BCUT2D eigenvalue weighted by Gasteiger charge is 2.30. The van der Waals surface area contributed by atoms with Crippen molar-refractivity contribution in [3.8, 4) is 5.88 Å². The smallest absolute Gasteiger partial charge is 0.372 e. The number of ether oxygens (including phenoxy) is 1. The molecule has 19 heavy (non-hydrogen) atoms. The molecule has 1 aromatic rings. The van der Waals surface area contributed by atoms with Crippen molar-refractivity contribution in [2.45, 2.75) is 39.2 Å². The lowest BCUT2D eigenvalue weighted by Crippen LogP contribution is -2.12. The highest BCUT2D eigenvalue weighted by molar-refractivity contribution is 5.62. The monoisotopic (exact) mass is 266 g/mol. The molecule has 1 N–H and O–H groups in total. The first kappa shape index (κ1) is 13.5. The molecular weight excluding hydrogens is 248 g/mol. The third-order valence-corrected chi connectivity index (χ3v) is 2.78. The normalized spacial score (nSPS) is 14.5. The second-order valence-electron chi connectivity index (χ2n) is 5.12. The number of nitrogens with zero attached hydrogens (tertiary/aromatic N) is 3. The molecule has 0 radical (unpaired) electrons. The van der Waals surface area contributed by atoms with Crippen molar-refractivity contribution < 1.29 is 9.66 Å². The van der Waals surface area contributed by atoms with E-state index in [1.165, 1.54) is 7.11 Å². The first-order chi connectivity index (χ1) is 9.01. The summed E-state index contributed by atoms with van der Waals surface area (Å²) in [5, 5.41) is 14.2. The number of methoxy groups -OCH3 is 1. The standard InChI is InChI=1S/C12H18N4O3/c1-7(2)6-9-14-11(13-8-4-5-8)10(16(17)18)12(15-9)19-3/h7-8H,4-6H2,1-3H3,(H,13,14,15). The van der Waals surface area contributed by atoms with Crippen molar-refractivity contribution in [3.05, 3.63) is 15.9 Å². The topological polar surface area (TPSA) is 90.2 Å². The Balaban J connectivity index is 2.41. The molecule has 7 heteroatoms. The van der Waals surface area contributed by atoms with Crippen LogP contribution in [-0.2, 0) is 6.42 Å². The van der Waals surface area contributed by atoms with Gasteiger partial charge in [0.05, 0.1) is 12.0 Å². The molecule has 0 bridgehead atoms.